The SMILES string of the molecule is Cl.O=C(NCC1CNCC1O)c1ccc(CN2C(=O)CNC2=O)cc1. The molecule has 4 N–H and O–H groups in total. The van der Waals surface area contributed by atoms with Crippen LogP contribution in [-0.2, 0) is 11.3 Å². The molecule has 0 aromatic heterocycles. The molecular formula is C16H21ClN4O4. The number of carbonyl (C=O) groups is 3. The minimum absolute atomic E-state index is 0. The van der Waals surface area contributed by atoms with Crippen molar-refractivity contribution in [2.45, 2.75) is 12.6 Å². The van der Waals surface area contributed by atoms with Gasteiger partial charge in [-0.05, 0) is 17.7 Å². The van der Waals surface area contributed by atoms with Crippen molar-refractivity contribution in [3.8, 4) is 0 Å². The molecular weight excluding hydrogens is 348 g/mol. The molecule has 2 saturated heterocycles. The molecule has 2 atom stereocenters. The van der Waals surface area contributed by atoms with Crippen LogP contribution in [0.5, 0.6) is 0 Å². The molecule has 2 heterocycles. The molecule has 1 aromatic carbocycles. The molecule has 2 fully saturated rings. The maximum atomic E-state index is 12.1. The first kappa shape index (κ1) is 19.2. The van der Waals surface area contributed by atoms with E-state index in [9.17, 15) is 19.5 Å². The van der Waals surface area contributed by atoms with Crippen LogP contribution in [0, 0.1) is 5.92 Å². The number of rotatable bonds is 5. The second-order valence-electron chi connectivity index (χ2n) is 6.03. The van der Waals surface area contributed by atoms with Gasteiger partial charge in [0.05, 0.1) is 19.2 Å². The third kappa shape index (κ3) is 4.47. The first-order chi connectivity index (χ1) is 11.5. The van der Waals surface area contributed by atoms with E-state index >= 15 is 0 Å². The highest BCUT2D eigenvalue weighted by Gasteiger charge is 2.28. The largest absolute Gasteiger partial charge is 0.391 e. The predicted molar refractivity (Wildman–Crippen MR) is 92.3 cm³/mol. The van der Waals surface area contributed by atoms with E-state index in [0.29, 0.717) is 25.2 Å². The Morgan fingerprint density at radius 3 is 2.52 bits per heavy atom. The van der Waals surface area contributed by atoms with Crippen molar-refractivity contribution in [1.82, 2.24) is 20.9 Å². The van der Waals surface area contributed by atoms with Crippen molar-refractivity contribution in [3.05, 3.63) is 35.4 Å². The highest BCUT2D eigenvalue weighted by Crippen LogP contribution is 2.11. The molecule has 0 saturated carbocycles. The van der Waals surface area contributed by atoms with E-state index in [-0.39, 0.29) is 43.2 Å². The van der Waals surface area contributed by atoms with Crippen molar-refractivity contribution in [1.29, 1.82) is 0 Å². The lowest BCUT2D eigenvalue weighted by Gasteiger charge is -2.15. The van der Waals surface area contributed by atoms with Gasteiger partial charge in [-0.15, -0.1) is 12.4 Å². The molecule has 9 heteroatoms. The summed E-state index contributed by atoms with van der Waals surface area (Å²) in [4.78, 5) is 36.3. The summed E-state index contributed by atoms with van der Waals surface area (Å²) in [5.74, 6) is -0.450. The third-order valence-electron chi connectivity index (χ3n) is 4.32. The van der Waals surface area contributed by atoms with Crippen molar-refractivity contribution >= 4 is 30.3 Å². The Bertz CT molecular complexity index is 636. The summed E-state index contributed by atoms with van der Waals surface area (Å²) in [7, 11) is 0. The molecule has 0 spiro atoms. The zero-order valence-corrected chi connectivity index (χ0v) is 14.3. The fraction of sp³-hybridized carbons (Fsp3) is 0.438. The van der Waals surface area contributed by atoms with E-state index in [0.717, 1.165) is 10.5 Å². The Labute approximate surface area is 151 Å². The summed E-state index contributed by atoms with van der Waals surface area (Å²) in [6.07, 6.45) is -0.433. The number of β-amino-alcohol motifs (C(OH)–C–C–N with tert-alkyl or cyclic N) is 1. The number of aliphatic hydroxyl groups excluding tert-OH is 1. The topological polar surface area (TPSA) is 111 Å². The van der Waals surface area contributed by atoms with Gasteiger partial charge in [0.25, 0.3) is 5.91 Å². The van der Waals surface area contributed by atoms with E-state index in [1.165, 1.54) is 0 Å². The van der Waals surface area contributed by atoms with Gasteiger partial charge in [0, 0.05) is 31.1 Å². The molecule has 8 nitrogen and oxygen atoms in total. The average Bonchev–Trinajstić information content (AvgIpc) is 3.13. The Hall–Kier alpha value is -2.16. The number of amides is 4. The lowest BCUT2D eigenvalue weighted by molar-refractivity contribution is -0.125. The Morgan fingerprint density at radius 1 is 1.24 bits per heavy atom. The molecule has 2 aliphatic heterocycles. The van der Waals surface area contributed by atoms with Crippen LogP contribution in [0.4, 0.5) is 4.79 Å². The molecule has 4 amide bonds. The lowest BCUT2D eigenvalue weighted by atomic mass is 10.1. The quantitative estimate of drug-likeness (QED) is 0.522. The lowest BCUT2D eigenvalue weighted by Crippen LogP contribution is -2.34. The van der Waals surface area contributed by atoms with Crippen LogP contribution >= 0.6 is 12.4 Å². The number of nitrogens with zero attached hydrogens (tertiary/aromatic N) is 1. The van der Waals surface area contributed by atoms with Gasteiger partial charge in [-0.25, -0.2) is 4.79 Å². The normalized spacial score (nSPS) is 22.5. The summed E-state index contributed by atoms with van der Waals surface area (Å²) in [6.45, 7) is 1.87. The monoisotopic (exact) mass is 368 g/mol. The van der Waals surface area contributed by atoms with E-state index in [2.05, 4.69) is 16.0 Å². The Kier molecular flexibility index (Phi) is 6.35. The number of carbonyl (C=O) groups excluding carboxylic acids is 3. The Morgan fingerprint density at radius 2 is 1.96 bits per heavy atom. The van der Waals surface area contributed by atoms with Crippen LogP contribution in [0.3, 0.4) is 0 Å². The summed E-state index contributed by atoms with van der Waals surface area (Å²) >= 11 is 0. The van der Waals surface area contributed by atoms with Gasteiger partial charge in [0.2, 0.25) is 5.91 Å². The highest BCUT2D eigenvalue weighted by molar-refractivity contribution is 6.01. The molecule has 1 aromatic rings. The van der Waals surface area contributed by atoms with Crippen LogP contribution in [0.2, 0.25) is 0 Å². The number of hydrogen-bond acceptors (Lipinski definition) is 5. The van der Waals surface area contributed by atoms with Crippen LogP contribution in [0.15, 0.2) is 24.3 Å². The minimum Gasteiger partial charge on any atom is -0.391 e. The fourth-order valence-electron chi connectivity index (χ4n) is 2.81. The highest BCUT2D eigenvalue weighted by atomic mass is 35.5. The number of benzene rings is 1. The van der Waals surface area contributed by atoms with Gasteiger partial charge in [-0.1, -0.05) is 12.1 Å². The second-order valence-corrected chi connectivity index (χ2v) is 6.03. The second kappa shape index (κ2) is 8.28. The Balaban J connectivity index is 0.00000225. The molecule has 2 unspecified atom stereocenters. The summed E-state index contributed by atoms with van der Waals surface area (Å²) in [5.41, 5.74) is 1.27. The molecule has 136 valence electrons. The molecule has 3 rings (SSSR count). The van der Waals surface area contributed by atoms with Gasteiger partial charge >= 0.3 is 6.03 Å². The van der Waals surface area contributed by atoms with Crippen molar-refractivity contribution < 1.29 is 19.5 Å². The number of urea groups is 1. The number of hydrogen-bond donors (Lipinski definition) is 4. The number of aliphatic hydroxyl groups is 1. The van der Waals surface area contributed by atoms with Crippen LogP contribution in [0.1, 0.15) is 15.9 Å². The number of nitrogens with one attached hydrogen (secondary N) is 3. The van der Waals surface area contributed by atoms with Gasteiger partial charge in [0.15, 0.2) is 0 Å². The molecule has 0 bridgehead atoms. The van der Waals surface area contributed by atoms with Crippen molar-refractivity contribution in [2.75, 3.05) is 26.2 Å². The average molecular weight is 369 g/mol. The first-order valence-corrected chi connectivity index (χ1v) is 7.88. The van der Waals surface area contributed by atoms with Gasteiger partial charge in [-0.2, -0.15) is 0 Å². The van der Waals surface area contributed by atoms with E-state index < -0.39 is 12.1 Å². The molecule has 25 heavy (non-hydrogen) atoms. The smallest absolute Gasteiger partial charge is 0.324 e. The summed E-state index contributed by atoms with van der Waals surface area (Å²) in [5, 5.41) is 18.1. The van der Waals surface area contributed by atoms with Crippen LogP contribution in [-0.4, -0.2) is 60.1 Å². The van der Waals surface area contributed by atoms with E-state index in [1.807, 2.05) is 0 Å². The summed E-state index contributed by atoms with van der Waals surface area (Å²) < 4.78 is 0. The standard InChI is InChI=1S/C16H20N4O4.ClH/c21-13-7-17-5-12(13)6-18-15(23)11-3-1-10(2-4-11)9-20-14(22)8-19-16(20)24;/h1-4,12-13,17,21H,5-9H2,(H,18,23)(H,19,24);1H. The van der Waals surface area contributed by atoms with Crippen LogP contribution in [0.25, 0.3) is 0 Å². The maximum Gasteiger partial charge on any atom is 0.324 e. The van der Waals surface area contributed by atoms with E-state index in [4.69, 9.17) is 0 Å². The minimum atomic E-state index is -0.433. The fourth-order valence-corrected chi connectivity index (χ4v) is 2.81. The molecule has 2 aliphatic rings. The van der Waals surface area contributed by atoms with Crippen molar-refractivity contribution in [3.63, 3.8) is 0 Å². The first-order valence-electron chi connectivity index (χ1n) is 7.88. The third-order valence-corrected chi connectivity index (χ3v) is 4.32. The van der Waals surface area contributed by atoms with E-state index in [1.54, 1.807) is 24.3 Å². The van der Waals surface area contributed by atoms with Crippen molar-refractivity contribution in [2.24, 2.45) is 5.92 Å². The number of halogens is 1. The molecule has 0 aliphatic carbocycles. The molecule has 0 radical (unpaired) electrons. The maximum absolute atomic E-state index is 12.1. The zero-order valence-electron chi connectivity index (χ0n) is 13.5. The summed E-state index contributed by atoms with van der Waals surface area (Å²) in [6, 6.07) is 6.36. The van der Waals surface area contributed by atoms with Gasteiger partial charge < -0.3 is 21.1 Å². The zero-order chi connectivity index (χ0) is 17.1. The predicted octanol–water partition coefficient (Wildman–Crippen LogP) is -0.530. The van der Waals surface area contributed by atoms with Gasteiger partial charge in [0.1, 0.15) is 0 Å². The van der Waals surface area contributed by atoms with Crippen LogP contribution < -0.4 is 16.0 Å². The number of imide groups is 1. The van der Waals surface area contributed by atoms with Gasteiger partial charge in [-0.3, -0.25) is 14.5 Å².